The Morgan fingerprint density at radius 2 is 1.57 bits per heavy atom. The van der Waals surface area contributed by atoms with Crippen LogP contribution in [0.2, 0.25) is 5.02 Å². The Morgan fingerprint density at radius 3 is 2.17 bits per heavy atom. The number of benzene rings is 3. The van der Waals surface area contributed by atoms with Crippen LogP contribution in [0.15, 0.2) is 82.2 Å². The van der Waals surface area contributed by atoms with Gasteiger partial charge in [-0.25, -0.2) is 8.42 Å². The van der Waals surface area contributed by atoms with Crippen molar-refractivity contribution in [2.24, 2.45) is 0 Å². The number of nitrogens with zero attached hydrogens (tertiary/aromatic N) is 1. The van der Waals surface area contributed by atoms with E-state index in [9.17, 15) is 13.2 Å². The Hall–Kier alpha value is -2.19. The molecule has 0 aliphatic heterocycles. The summed E-state index contributed by atoms with van der Waals surface area (Å²) >= 11 is 9.24. The Balaban J connectivity index is 1.86. The molecule has 0 unspecified atom stereocenters. The topological polar surface area (TPSA) is 66.5 Å². The Morgan fingerprint density at radius 1 is 0.967 bits per heavy atom. The minimum absolute atomic E-state index is 0.0386. The van der Waals surface area contributed by atoms with Gasteiger partial charge in [0.1, 0.15) is 0 Å². The van der Waals surface area contributed by atoms with E-state index in [1.54, 1.807) is 48.5 Å². The van der Waals surface area contributed by atoms with Crippen LogP contribution in [0.1, 0.15) is 11.1 Å². The fourth-order valence-corrected chi connectivity index (χ4v) is 4.55. The number of halogens is 2. The van der Waals surface area contributed by atoms with E-state index in [4.69, 9.17) is 11.6 Å². The summed E-state index contributed by atoms with van der Waals surface area (Å²) in [6.07, 6.45) is 0. The predicted molar refractivity (Wildman–Crippen MR) is 123 cm³/mol. The molecule has 1 N–H and O–H groups in total. The smallest absolute Gasteiger partial charge is 0.243 e. The van der Waals surface area contributed by atoms with Crippen molar-refractivity contribution < 1.29 is 13.2 Å². The van der Waals surface area contributed by atoms with Crippen LogP contribution in [-0.4, -0.2) is 25.2 Å². The predicted octanol–water partition coefficient (Wildman–Crippen LogP) is 5.24. The zero-order valence-corrected chi connectivity index (χ0v) is 19.3. The Bertz CT molecular complexity index is 1120. The van der Waals surface area contributed by atoms with Gasteiger partial charge in [0.05, 0.1) is 11.4 Å². The molecule has 30 heavy (non-hydrogen) atoms. The second-order valence-corrected chi connectivity index (χ2v) is 10.1. The van der Waals surface area contributed by atoms with Crippen LogP contribution in [0, 0.1) is 6.92 Å². The van der Waals surface area contributed by atoms with E-state index < -0.39 is 15.9 Å². The molecule has 0 saturated carbocycles. The van der Waals surface area contributed by atoms with Gasteiger partial charge in [0, 0.05) is 21.7 Å². The van der Waals surface area contributed by atoms with E-state index in [-0.39, 0.29) is 18.0 Å². The third-order valence-electron chi connectivity index (χ3n) is 4.38. The number of anilines is 1. The van der Waals surface area contributed by atoms with E-state index in [1.807, 2.05) is 19.1 Å². The molecule has 3 rings (SSSR count). The molecule has 0 radical (unpaired) electrons. The molecule has 3 aromatic carbocycles. The second-order valence-electron chi connectivity index (χ2n) is 6.77. The van der Waals surface area contributed by atoms with Gasteiger partial charge in [-0.05, 0) is 61.0 Å². The van der Waals surface area contributed by atoms with Gasteiger partial charge in [-0.1, -0.05) is 57.4 Å². The molecule has 3 aromatic rings. The van der Waals surface area contributed by atoms with Gasteiger partial charge >= 0.3 is 0 Å². The number of amides is 1. The van der Waals surface area contributed by atoms with Crippen LogP contribution in [0.5, 0.6) is 0 Å². The Labute approximate surface area is 189 Å². The zero-order chi connectivity index (χ0) is 21.7. The van der Waals surface area contributed by atoms with Crippen molar-refractivity contribution in [3.05, 3.63) is 93.4 Å². The maximum absolute atomic E-state index is 13.3. The number of carbonyl (C=O) groups excluding carboxylic acids is 1. The van der Waals surface area contributed by atoms with Crippen LogP contribution >= 0.6 is 27.5 Å². The number of aryl methyl sites for hydroxylation is 1. The molecule has 0 aliphatic rings. The molecule has 0 aromatic heterocycles. The average Bonchev–Trinajstić information content (AvgIpc) is 2.71. The summed E-state index contributed by atoms with van der Waals surface area (Å²) in [5, 5.41) is 3.31. The average molecular weight is 508 g/mol. The summed E-state index contributed by atoms with van der Waals surface area (Å²) in [5.74, 6) is -0.423. The first-order valence-corrected chi connectivity index (χ1v) is 11.7. The quantitative estimate of drug-likeness (QED) is 0.475. The summed E-state index contributed by atoms with van der Waals surface area (Å²) in [5.41, 5.74) is 2.40. The van der Waals surface area contributed by atoms with Crippen molar-refractivity contribution in [1.82, 2.24) is 4.31 Å². The fraction of sp³-hybridized carbons (Fsp3) is 0.136. The van der Waals surface area contributed by atoms with Crippen molar-refractivity contribution in [3.63, 3.8) is 0 Å². The number of rotatable bonds is 7. The lowest BCUT2D eigenvalue weighted by Gasteiger charge is -2.22. The summed E-state index contributed by atoms with van der Waals surface area (Å²) in [6.45, 7) is 1.66. The molecule has 0 spiro atoms. The summed E-state index contributed by atoms with van der Waals surface area (Å²) in [6, 6.07) is 20.5. The summed E-state index contributed by atoms with van der Waals surface area (Å²) in [4.78, 5) is 12.8. The first-order valence-electron chi connectivity index (χ1n) is 9.11. The number of sulfonamides is 1. The van der Waals surface area contributed by atoms with E-state index in [2.05, 4.69) is 21.2 Å². The standard InChI is InChI=1S/C22H20BrClN2O3S/c1-16-2-10-20(11-3-16)25-22(27)15-26(14-17-4-8-19(24)9-5-17)30(28,29)21-12-6-18(23)7-13-21/h2-13H,14-15H2,1H3,(H,25,27). The maximum Gasteiger partial charge on any atom is 0.243 e. The monoisotopic (exact) mass is 506 g/mol. The van der Waals surface area contributed by atoms with Crippen molar-refractivity contribution in [3.8, 4) is 0 Å². The van der Waals surface area contributed by atoms with Crippen LogP contribution in [-0.2, 0) is 21.4 Å². The lowest BCUT2D eigenvalue weighted by Crippen LogP contribution is -2.37. The molecule has 156 valence electrons. The van der Waals surface area contributed by atoms with Crippen molar-refractivity contribution in [2.45, 2.75) is 18.4 Å². The highest BCUT2D eigenvalue weighted by Gasteiger charge is 2.27. The number of hydrogen-bond donors (Lipinski definition) is 1. The van der Waals surface area contributed by atoms with E-state index >= 15 is 0 Å². The van der Waals surface area contributed by atoms with Gasteiger partial charge in [-0.15, -0.1) is 0 Å². The largest absolute Gasteiger partial charge is 0.325 e. The van der Waals surface area contributed by atoms with Gasteiger partial charge in [-0.3, -0.25) is 4.79 Å². The zero-order valence-electron chi connectivity index (χ0n) is 16.2. The molecule has 0 fully saturated rings. The first kappa shape index (κ1) is 22.5. The molecule has 5 nitrogen and oxygen atoms in total. The molecular formula is C22H20BrClN2O3S. The second kappa shape index (κ2) is 9.75. The summed E-state index contributed by atoms with van der Waals surface area (Å²) < 4.78 is 28.4. The minimum Gasteiger partial charge on any atom is -0.325 e. The summed E-state index contributed by atoms with van der Waals surface area (Å²) in [7, 11) is -3.90. The van der Waals surface area contributed by atoms with Gasteiger partial charge in [0.15, 0.2) is 0 Å². The van der Waals surface area contributed by atoms with Crippen LogP contribution in [0.25, 0.3) is 0 Å². The molecule has 0 atom stereocenters. The third-order valence-corrected chi connectivity index (χ3v) is 6.97. The fourth-order valence-electron chi connectivity index (χ4n) is 2.77. The molecule has 0 bridgehead atoms. The highest BCUT2D eigenvalue weighted by atomic mass is 79.9. The highest BCUT2D eigenvalue weighted by molar-refractivity contribution is 9.10. The molecule has 0 aliphatic carbocycles. The van der Waals surface area contributed by atoms with Crippen LogP contribution in [0.4, 0.5) is 5.69 Å². The number of nitrogens with one attached hydrogen (secondary N) is 1. The number of carbonyl (C=O) groups is 1. The first-order chi connectivity index (χ1) is 14.2. The lowest BCUT2D eigenvalue weighted by molar-refractivity contribution is -0.116. The molecular weight excluding hydrogens is 488 g/mol. The minimum atomic E-state index is -3.90. The molecule has 1 amide bonds. The van der Waals surface area contributed by atoms with Crippen molar-refractivity contribution in [2.75, 3.05) is 11.9 Å². The van der Waals surface area contributed by atoms with Gasteiger partial charge in [0.25, 0.3) is 0 Å². The third kappa shape index (κ3) is 5.92. The van der Waals surface area contributed by atoms with E-state index in [0.717, 1.165) is 19.9 Å². The van der Waals surface area contributed by atoms with Crippen LogP contribution < -0.4 is 5.32 Å². The Kier molecular flexibility index (Phi) is 7.31. The van der Waals surface area contributed by atoms with E-state index in [0.29, 0.717) is 10.7 Å². The van der Waals surface area contributed by atoms with Gasteiger partial charge < -0.3 is 5.32 Å². The lowest BCUT2D eigenvalue weighted by atomic mass is 10.2. The van der Waals surface area contributed by atoms with Gasteiger partial charge in [-0.2, -0.15) is 4.31 Å². The van der Waals surface area contributed by atoms with E-state index in [1.165, 1.54) is 12.1 Å². The van der Waals surface area contributed by atoms with Gasteiger partial charge in [0.2, 0.25) is 15.9 Å². The maximum atomic E-state index is 13.3. The molecule has 0 saturated heterocycles. The molecule has 0 heterocycles. The van der Waals surface area contributed by atoms with Crippen molar-refractivity contribution in [1.29, 1.82) is 0 Å². The molecule has 8 heteroatoms. The SMILES string of the molecule is Cc1ccc(NC(=O)CN(Cc2ccc(Cl)cc2)S(=O)(=O)c2ccc(Br)cc2)cc1. The normalized spacial score (nSPS) is 11.5. The van der Waals surface area contributed by atoms with Crippen LogP contribution in [0.3, 0.4) is 0 Å². The highest BCUT2D eigenvalue weighted by Crippen LogP contribution is 2.22. The number of hydrogen-bond acceptors (Lipinski definition) is 3. The van der Waals surface area contributed by atoms with Crippen molar-refractivity contribution >= 4 is 49.1 Å².